The Morgan fingerprint density at radius 1 is 1.19 bits per heavy atom. The van der Waals surface area contributed by atoms with Crippen molar-refractivity contribution in [2.45, 2.75) is 49.4 Å². The molecule has 0 amide bonds. The van der Waals surface area contributed by atoms with Gasteiger partial charge in [-0.25, -0.2) is 0 Å². The average molecular weight is 524 g/mol. The minimum Gasteiger partial charge on any atom is -0.491 e. The molecule has 192 valence electrons. The minimum absolute atomic E-state index is 0.203. The lowest BCUT2D eigenvalue weighted by Gasteiger charge is -2.30. The Hall–Kier alpha value is -2.32. The molecule has 0 saturated carbocycles. The predicted molar refractivity (Wildman–Crippen MR) is 155 cm³/mol. The quantitative estimate of drug-likeness (QED) is 0.262. The molecule has 5 nitrogen and oxygen atoms in total. The number of nitrogens with zero attached hydrogens (tertiary/aromatic N) is 1. The maximum atomic E-state index is 6.37. The van der Waals surface area contributed by atoms with E-state index in [0.717, 1.165) is 41.8 Å². The molecule has 1 aliphatic carbocycles. The number of likely N-dealkylation sites (N-methyl/N-ethyl adjacent to an activating group) is 1. The lowest BCUT2D eigenvalue weighted by Crippen LogP contribution is -2.44. The van der Waals surface area contributed by atoms with Gasteiger partial charge >= 0.3 is 0 Å². The number of anilines is 1. The number of hydrogen-bond donors (Lipinski definition) is 2. The second kappa shape index (κ2) is 12.8. The van der Waals surface area contributed by atoms with Gasteiger partial charge in [0.15, 0.2) is 0 Å². The summed E-state index contributed by atoms with van der Waals surface area (Å²) in [5, 5.41) is 0.236. The fraction of sp³-hybridized carbons (Fsp3) is 0.379. The Morgan fingerprint density at radius 3 is 2.81 bits per heavy atom. The number of allylic oxidation sites excluding steroid dienone is 4. The van der Waals surface area contributed by atoms with Crippen LogP contribution in [-0.2, 0) is 11.2 Å². The van der Waals surface area contributed by atoms with Crippen LogP contribution in [0.3, 0.4) is 0 Å². The first-order valence-corrected chi connectivity index (χ1v) is 14.1. The number of benzene rings is 2. The number of nitrogens with two attached hydrogens (primary N) is 1. The molecule has 0 aromatic heterocycles. The van der Waals surface area contributed by atoms with Gasteiger partial charge in [0, 0.05) is 29.7 Å². The Labute approximate surface area is 224 Å². The topological polar surface area (TPSA) is 59.8 Å². The molecule has 0 radical (unpaired) electrons. The second-order valence-corrected chi connectivity index (χ2v) is 11.4. The number of nitrogens with one attached hydrogen (secondary N) is 1. The van der Waals surface area contributed by atoms with E-state index in [4.69, 9.17) is 15.2 Å². The van der Waals surface area contributed by atoms with Gasteiger partial charge in [-0.15, -0.1) is 0 Å². The van der Waals surface area contributed by atoms with Gasteiger partial charge in [0.1, 0.15) is 12.4 Å². The largest absolute Gasteiger partial charge is 0.491 e. The smallest absolute Gasteiger partial charge is 0.120 e. The van der Waals surface area contributed by atoms with Crippen LogP contribution in [0.5, 0.6) is 5.75 Å². The molecule has 0 fully saturated rings. The third-order valence-electron chi connectivity index (χ3n) is 6.36. The van der Waals surface area contributed by atoms with Crippen LogP contribution in [0.2, 0.25) is 0 Å². The van der Waals surface area contributed by atoms with Gasteiger partial charge in [0.2, 0.25) is 0 Å². The summed E-state index contributed by atoms with van der Waals surface area (Å²) in [6.45, 7) is 5.25. The van der Waals surface area contributed by atoms with E-state index in [1.807, 2.05) is 11.8 Å². The third-order valence-corrected chi connectivity index (χ3v) is 8.79. The zero-order valence-corrected chi connectivity index (χ0v) is 23.3. The van der Waals surface area contributed by atoms with Crippen molar-refractivity contribution < 1.29 is 9.47 Å². The maximum absolute atomic E-state index is 6.37. The Morgan fingerprint density at radius 2 is 2.06 bits per heavy atom. The zero-order chi connectivity index (χ0) is 25.5. The van der Waals surface area contributed by atoms with E-state index in [2.05, 4.69) is 91.2 Å². The molecule has 1 aliphatic heterocycles. The van der Waals surface area contributed by atoms with Crippen molar-refractivity contribution in [3.8, 4) is 5.75 Å². The monoisotopic (exact) mass is 523 g/mol. The van der Waals surface area contributed by atoms with Crippen molar-refractivity contribution in [1.29, 1.82) is 0 Å². The molecule has 1 heterocycles. The summed E-state index contributed by atoms with van der Waals surface area (Å²) < 4.78 is 14.8. The normalized spacial score (nSPS) is 17.5. The molecule has 0 bridgehead atoms. The van der Waals surface area contributed by atoms with Crippen LogP contribution < -0.4 is 20.1 Å². The Balaban J connectivity index is 1.55. The highest BCUT2D eigenvalue weighted by Gasteiger charge is 2.34. The number of hydrogen-bond acceptors (Lipinski definition) is 7. The highest BCUT2D eigenvalue weighted by Crippen LogP contribution is 2.46. The van der Waals surface area contributed by atoms with E-state index < -0.39 is 0 Å². The highest BCUT2D eigenvalue weighted by molar-refractivity contribution is 8.02. The van der Waals surface area contributed by atoms with E-state index in [-0.39, 0.29) is 11.4 Å². The third kappa shape index (κ3) is 6.71. The van der Waals surface area contributed by atoms with Crippen LogP contribution in [0.4, 0.5) is 5.69 Å². The van der Waals surface area contributed by atoms with Gasteiger partial charge in [-0.05, 0) is 80.5 Å². The zero-order valence-electron chi connectivity index (χ0n) is 21.6. The first-order valence-electron chi connectivity index (χ1n) is 12.4. The average Bonchev–Trinajstić information content (AvgIpc) is 3.22. The van der Waals surface area contributed by atoms with Crippen molar-refractivity contribution in [2.24, 2.45) is 5.73 Å². The van der Waals surface area contributed by atoms with E-state index in [1.54, 1.807) is 19.1 Å². The molecule has 0 spiro atoms. The van der Waals surface area contributed by atoms with E-state index in [1.165, 1.54) is 21.1 Å². The first-order chi connectivity index (χ1) is 17.5. The van der Waals surface area contributed by atoms with Crippen molar-refractivity contribution >= 4 is 35.1 Å². The molecule has 0 saturated heterocycles. The first kappa shape index (κ1) is 26.7. The van der Waals surface area contributed by atoms with E-state index >= 15 is 0 Å². The summed E-state index contributed by atoms with van der Waals surface area (Å²) in [5.41, 5.74) is 12.0. The van der Waals surface area contributed by atoms with Crippen LogP contribution in [0, 0.1) is 0 Å². The fourth-order valence-corrected chi connectivity index (χ4v) is 6.66. The van der Waals surface area contributed by atoms with Crippen molar-refractivity contribution in [3.63, 3.8) is 0 Å². The summed E-state index contributed by atoms with van der Waals surface area (Å²) in [6.07, 6.45) is 9.90. The molecular weight excluding hydrogens is 486 g/mol. The molecule has 2 aliphatic rings. The van der Waals surface area contributed by atoms with Gasteiger partial charge in [-0.2, -0.15) is 0 Å². The van der Waals surface area contributed by atoms with Crippen molar-refractivity contribution in [3.05, 3.63) is 82.3 Å². The lowest BCUT2D eigenvalue weighted by atomic mass is 10.0. The maximum Gasteiger partial charge on any atom is 0.120 e. The number of ether oxygens (including phenoxy) is 2. The molecule has 7 heteroatoms. The van der Waals surface area contributed by atoms with Gasteiger partial charge in [-0.3, -0.25) is 4.72 Å². The molecule has 3 N–H and O–H groups in total. The number of thioether (sulfide) groups is 1. The summed E-state index contributed by atoms with van der Waals surface area (Å²) in [4.78, 5) is 4.91. The van der Waals surface area contributed by atoms with Crippen LogP contribution in [-0.4, -0.2) is 38.8 Å². The van der Waals surface area contributed by atoms with Crippen LogP contribution in [0.1, 0.15) is 37.8 Å². The Bertz CT molecular complexity index is 1140. The van der Waals surface area contributed by atoms with Gasteiger partial charge < -0.3 is 20.1 Å². The van der Waals surface area contributed by atoms with Gasteiger partial charge in [0.05, 0.1) is 23.7 Å². The summed E-state index contributed by atoms with van der Waals surface area (Å²) >= 11 is 3.63. The number of methoxy groups -OCH3 is 1. The van der Waals surface area contributed by atoms with Crippen LogP contribution in [0.25, 0.3) is 5.70 Å². The molecule has 4 rings (SSSR count). The molecule has 2 atom stereocenters. The Kier molecular flexibility index (Phi) is 9.48. The van der Waals surface area contributed by atoms with E-state index in [0.29, 0.717) is 13.2 Å². The minimum atomic E-state index is 0.203. The second-order valence-electron chi connectivity index (χ2n) is 9.32. The van der Waals surface area contributed by atoms with Crippen LogP contribution in [0.15, 0.2) is 76.1 Å². The highest BCUT2D eigenvalue weighted by atomic mass is 32.2. The van der Waals surface area contributed by atoms with Crippen molar-refractivity contribution in [2.75, 3.05) is 32.3 Å². The summed E-state index contributed by atoms with van der Waals surface area (Å²) in [6, 6.07) is 15.2. The summed E-state index contributed by atoms with van der Waals surface area (Å²) in [5.74, 6) is 0.883. The standard InChI is InChI=1S/C29H37N3O2S2/c1-20(2)28(30)22-10-8-9-21(17-22)18-25(31-36-24-11-6-5-7-12-24)29-32(3)26-14-13-23(19-27(26)35-29)34-16-15-33-4/h6,8-14,17,19,25,29,31H,5,7,15-16,18,30H2,1-4H3. The molecule has 36 heavy (non-hydrogen) atoms. The predicted octanol–water partition coefficient (Wildman–Crippen LogP) is 6.37. The molecular formula is C29H37N3O2S2. The lowest BCUT2D eigenvalue weighted by molar-refractivity contribution is 0.146. The molecule has 2 aromatic carbocycles. The van der Waals surface area contributed by atoms with Gasteiger partial charge in [-0.1, -0.05) is 53.8 Å². The molecule has 2 aromatic rings. The van der Waals surface area contributed by atoms with Gasteiger partial charge in [0.25, 0.3) is 0 Å². The number of rotatable bonds is 11. The van der Waals surface area contributed by atoms with Crippen molar-refractivity contribution in [1.82, 2.24) is 4.72 Å². The van der Waals surface area contributed by atoms with Crippen LogP contribution >= 0.6 is 23.7 Å². The van der Waals surface area contributed by atoms with E-state index in [9.17, 15) is 0 Å². The molecule has 2 unspecified atom stereocenters. The fourth-order valence-electron chi connectivity index (χ4n) is 4.33. The SMILES string of the molecule is COCCOc1ccc2c(c1)SC(C(Cc1cccc(C(N)=C(C)C)c1)NSC1=CCCC=C1)N2C. The number of fused-ring (bicyclic) bond motifs is 1. The summed E-state index contributed by atoms with van der Waals surface area (Å²) in [7, 11) is 3.88.